The molecule has 7 nitrogen and oxygen atoms in total. The molecule has 1 aromatic carbocycles. The molecule has 0 fully saturated rings. The lowest BCUT2D eigenvalue weighted by Gasteiger charge is -2.05. The number of hydrogen-bond acceptors (Lipinski definition) is 5. The van der Waals surface area contributed by atoms with Crippen molar-refractivity contribution < 1.29 is 19.3 Å². The Labute approximate surface area is 89.1 Å². The molecule has 0 atom stereocenters. The van der Waals surface area contributed by atoms with Gasteiger partial charge in [0.15, 0.2) is 11.6 Å². The maximum atomic E-state index is 12.8. The lowest BCUT2D eigenvalue weighted by Crippen LogP contribution is -2.21. The van der Waals surface area contributed by atoms with E-state index in [0.29, 0.717) is 0 Å². The summed E-state index contributed by atoms with van der Waals surface area (Å²) in [6.45, 7) is -0.374. The lowest BCUT2D eigenvalue weighted by atomic mass is 10.3. The minimum absolute atomic E-state index is 0.279. The Morgan fingerprint density at radius 1 is 1.69 bits per heavy atom. The van der Waals surface area contributed by atoms with Gasteiger partial charge in [-0.05, 0) is 6.07 Å². The Morgan fingerprint density at radius 2 is 2.38 bits per heavy atom. The molecule has 0 bridgehead atoms. The first-order valence-corrected chi connectivity index (χ1v) is 4.07. The zero-order valence-electron chi connectivity index (χ0n) is 7.96. The largest absolute Gasteiger partial charge is 0.478 e. The van der Waals surface area contributed by atoms with Crippen LogP contribution in [0.3, 0.4) is 0 Å². The third-order valence-corrected chi connectivity index (χ3v) is 1.62. The molecule has 0 aliphatic heterocycles. The molecular weight excluding hydrogens is 221 g/mol. The summed E-state index contributed by atoms with van der Waals surface area (Å²) in [5.41, 5.74) is 4.70. The van der Waals surface area contributed by atoms with Gasteiger partial charge in [-0.25, -0.2) is 4.39 Å². The highest BCUT2D eigenvalue weighted by molar-refractivity contribution is 5.81. The number of halogens is 1. The molecule has 0 saturated heterocycles. The van der Waals surface area contributed by atoms with Crippen LogP contribution in [0.2, 0.25) is 0 Å². The van der Waals surface area contributed by atoms with Crippen molar-refractivity contribution in [2.45, 2.75) is 0 Å². The van der Waals surface area contributed by atoms with Gasteiger partial charge in [0.1, 0.15) is 12.4 Å². The summed E-state index contributed by atoms with van der Waals surface area (Å²) in [6, 6.07) is 2.76. The predicted molar refractivity (Wildman–Crippen MR) is 52.0 cm³/mol. The van der Waals surface area contributed by atoms with Crippen LogP contribution in [0.25, 0.3) is 0 Å². The fourth-order valence-corrected chi connectivity index (χ4v) is 0.935. The SMILES string of the molecule is N/C(COc1cc(F)ccc1[N+](=O)[O-])=N\O. The molecule has 0 saturated carbocycles. The zero-order chi connectivity index (χ0) is 12.1. The number of amidine groups is 1. The van der Waals surface area contributed by atoms with Gasteiger partial charge in [-0.15, -0.1) is 0 Å². The van der Waals surface area contributed by atoms with Crippen molar-refractivity contribution in [2.75, 3.05) is 6.61 Å². The van der Waals surface area contributed by atoms with E-state index >= 15 is 0 Å². The first-order chi connectivity index (χ1) is 7.54. The van der Waals surface area contributed by atoms with E-state index in [1.165, 1.54) is 0 Å². The molecule has 0 radical (unpaired) electrons. The molecule has 0 unspecified atom stereocenters. The maximum absolute atomic E-state index is 12.8. The summed E-state index contributed by atoms with van der Waals surface area (Å²) in [4.78, 5) is 9.82. The molecule has 1 aromatic rings. The number of hydrogen-bond donors (Lipinski definition) is 2. The van der Waals surface area contributed by atoms with E-state index in [2.05, 4.69) is 5.16 Å². The minimum Gasteiger partial charge on any atom is -0.478 e. The number of nitro benzene ring substituents is 1. The molecule has 0 aliphatic carbocycles. The maximum Gasteiger partial charge on any atom is 0.311 e. The van der Waals surface area contributed by atoms with Crippen LogP contribution in [0.1, 0.15) is 0 Å². The molecule has 3 N–H and O–H groups in total. The van der Waals surface area contributed by atoms with Crippen molar-refractivity contribution in [3.05, 3.63) is 34.1 Å². The topological polar surface area (TPSA) is 111 Å². The van der Waals surface area contributed by atoms with Crippen molar-refractivity contribution in [3.63, 3.8) is 0 Å². The number of benzene rings is 1. The van der Waals surface area contributed by atoms with Crippen LogP contribution in [-0.4, -0.2) is 22.6 Å². The number of oxime groups is 1. The number of rotatable bonds is 4. The lowest BCUT2D eigenvalue weighted by molar-refractivity contribution is -0.385. The Hall–Kier alpha value is -2.38. The summed E-state index contributed by atoms with van der Waals surface area (Å²) in [5, 5.41) is 21.4. The highest BCUT2D eigenvalue weighted by Gasteiger charge is 2.16. The van der Waals surface area contributed by atoms with Crippen LogP contribution in [0.5, 0.6) is 5.75 Å². The third kappa shape index (κ3) is 2.80. The fraction of sp³-hybridized carbons (Fsp3) is 0.125. The summed E-state index contributed by atoms with van der Waals surface area (Å²) >= 11 is 0. The van der Waals surface area contributed by atoms with Gasteiger partial charge in [0, 0.05) is 12.1 Å². The number of nitrogens with zero attached hydrogens (tertiary/aromatic N) is 2. The summed E-state index contributed by atoms with van der Waals surface area (Å²) in [6.07, 6.45) is 0. The van der Waals surface area contributed by atoms with Crippen molar-refractivity contribution in [1.82, 2.24) is 0 Å². The zero-order valence-corrected chi connectivity index (χ0v) is 7.96. The first kappa shape index (κ1) is 11.7. The highest BCUT2D eigenvalue weighted by atomic mass is 19.1. The van der Waals surface area contributed by atoms with Crippen LogP contribution < -0.4 is 10.5 Å². The molecule has 1 rings (SSSR count). The van der Waals surface area contributed by atoms with Gasteiger partial charge in [-0.1, -0.05) is 5.16 Å². The van der Waals surface area contributed by atoms with Crippen molar-refractivity contribution >= 4 is 11.5 Å². The smallest absolute Gasteiger partial charge is 0.311 e. The fourth-order valence-electron chi connectivity index (χ4n) is 0.935. The minimum atomic E-state index is -0.721. The van der Waals surface area contributed by atoms with Gasteiger partial charge in [-0.2, -0.15) is 0 Å². The second-order valence-electron chi connectivity index (χ2n) is 2.75. The molecule has 0 aromatic heterocycles. The Bertz CT molecular complexity index is 435. The van der Waals surface area contributed by atoms with Crippen LogP contribution in [0.4, 0.5) is 10.1 Å². The standard InChI is InChI=1S/C8H8FN3O4/c9-5-1-2-6(12(14)15)7(3-5)16-4-8(10)11-13/h1-3,13H,4H2,(H2,10,11). The summed E-state index contributed by atoms with van der Waals surface area (Å²) in [7, 11) is 0. The van der Waals surface area contributed by atoms with E-state index in [1.807, 2.05) is 0 Å². The molecule has 0 heterocycles. The van der Waals surface area contributed by atoms with E-state index in [9.17, 15) is 14.5 Å². The predicted octanol–water partition coefficient (Wildman–Crippen LogP) is 0.859. The van der Waals surface area contributed by atoms with E-state index in [4.69, 9.17) is 15.7 Å². The monoisotopic (exact) mass is 229 g/mol. The third-order valence-electron chi connectivity index (χ3n) is 1.62. The van der Waals surface area contributed by atoms with E-state index in [1.54, 1.807) is 0 Å². The highest BCUT2D eigenvalue weighted by Crippen LogP contribution is 2.27. The normalized spacial score (nSPS) is 11.2. The first-order valence-electron chi connectivity index (χ1n) is 4.07. The Morgan fingerprint density at radius 3 is 2.94 bits per heavy atom. The van der Waals surface area contributed by atoms with Crippen LogP contribution >= 0.6 is 0 Å². The molecule has 8 heteroatoms. The Balaban J connectivity index is 2.92. The van der Waals surface area contributed by atoms with Gasteiger partial charge < -0.3 is 15.7 Å². The van der Waals surface area contributed by atoms with Crippen LogP contribution in [-0.2, 0) is 0 Å². The number of ether oxygens (including phenoxy) is 1. The molecule has 0 aliphatic rings. The van der Waals surface area contributed by atoms with Gasteiger partial charge in [0.2, 0.25) is 0 Å². The number of nitro groups is 1. The Kier molecular flexibility index (Phi) is 3.59. The van der Waals surface area contributed by atoms with E-state index in [0.717, 1.165) is 18.2 Å². The van der Waals surface area contributed by atoms with Crippen LogP contribution in [0, 0.1) is 15.9 Å². The van der Waals surface area contributed by atoms with Gasteiger partial charge in [0.25, 0.3) is 0 Å². The second-order valence-corrected chi connectivity index (χ2v) is 2.75. The van der Waals surface area contributed by atoms with Gasteiger partial charge >= 0.3 is 5.69 Å². The molecule has 86 valence electrons. The van der Waals surface area contributed by atoms with E-state index < -0.39 is 16.4 Å². The van der Waals surface area contributed by atoms with Crippen LogP contribution in [0.15, 0.2) is 23.4 Å². The summed E-state index contributed by atoms with van der Waals surface area (Å²) < 4.78 is 17.6. The average molecular weight is 229 g/mol. The van der Waals surface area contributed by atoms with E-state index in [-0.39, 0.29) is 18.2 Å². The molecule has 0 spiro atoms. The van der Waals surface area contributed by atoms with Gasteiger partial charge in [0.05, 0.1) is 4.92 Å². The summed E-state index contributed by atoms with van der Waals surface area (Å²) in [5.74, 6) is -1.24. The average Bonchev–Trinajstić information content (AvgIpc) is 2.25. The van der Waals surface area contributed by atoms with Crippen molar-refractivity contribution in [3.8, 4) is 5.75 Å². The molecule has 16 heavy (non-hydrogen) atoms. The quantitative estimate of drug-likeness (QED) is 0.261. The second kappa shape index (κ2) is 4.91. The van der Waals surface area contributed by atoms with Crippen molar-refractivity contribution in [1.29, 1.82) is 0 Å². The van der Waals surface area contributed by atoms with Crippen molar-refractivity contribution in [2.24, 2.45) is 10.9 Å². The molecular formula is C8H8FN3O4. The van der Waals surface area contributed by atoms with Gasteiger partial charge in [-0.3, -0.25) is 10.1 Å². The molecule has 0 amide bonds. The number of nitrogens with two attached hydrogens (primary N) is 1.